The van der Waals surface area contributed by atoms with E-state index in [1.54, 1.807) is 23.4 Å². The second kappa shape index (κ2) is 7.47. The van der Waals surface area contributed by atoms with Gasteiger partial charge in [-0.05, 0) is 42.9 Å². The van der Waals surface area contributed by atoms with Gasteiger partial charge in [0.1, 0.15) is 0 Å². The maximum Gasteiger partial charge on any atom is 0.313 e. The Morgan fingerprint density at radius 2 is 1.92 bits per heavy atom. The SMILES string of the molecule is Cc1cncc(NC(=O)C(=O)N2C[C@H](C)CC[C@@H]2c2ccccc2)c1. The molecular weight excluding hydrogens is 314 g/mol. The van der Waals surface area contributed by atoms with Gasteiger partial charge in [-0.2, -0.15) is 0 Å². The second-order valence-corrected chi connectivity index (χ2v) is 6.77. The summed E-state index contributed by atoms with van der Waals surface area (Å²) in [6, 6.07) is 11.7. The van der Waals surface area contributed by atoms with Gasteiger partial charge in [0.15, 0.2) is 0 Å². The van der Waals surface area contributed by atoms with E-state index in [0.717, 1.165) is 24.0 Å². The third-order valence-corrected chi connectivity index (χ3v) is 4.59. The fraction of sp³-hybridized carbons (Fsp3) is 0.350. The predicted octanol–water partition coefficient (Wildman–Crippen LogP) is 3.33. The zero-order valence-corrected chi connectivity index (χ0v) is 14.6. The van der Waals surface area contributed by atoms with Crippen LogP contribution in [0.5, 0.6) is 0 Å². The summed E-state index contributed by atoms with van der Waals surface area (Å²) in [5.74, 6) is -0.707. The molecule has 25 heavy (non-hydrogen) atoms. The number of aromatic nitrogens is 1. The molecule has 1 N–H and O–H groups in total. The van der Waals surface area contributed by atoms with Crippen LogP contribution in [0.3, 0.4) is 0 Å². The zero-order chi connectivity index (χ0) is 17.8. The Labute approximate surface area is 148 Å². The van der Waals surface area contributed by atoms with Crippen LogP contribution in [0.4, 0.5) is 5.69 Å². The lowest BCUT2D eigenvalue weighted by Crippen LogP contribution is -2.46. The van der Waals surface area contributed by atoms with Gasteiger partial charge in [-0.3, -0.25) is 14.6 Å². The molecule has 1 aromatic carbocycles. The number of anilines is 1. The van der Waals surface area contributed by atoms with Crippen molar-refractivity contribution in [3.8, 4) is 0 Å². The van der Waals surface area contributed by atoms with Crippen LogP contribution in [0, 0.1) is 12.8 Å². The molecule has 5 nitrogen and oxygen atoms in total. The quantitative estimate of drug-likeness (QED) is 0.855. The largest absolute Gasteiger partial charge is 0.327 e. The van der Waals surface area contributed by atoms with Crippen molar-refractivity contribution in [2.45, 2.75) is 32.7 Å². The Morgan fingerprint density at radius 1 is 1.16 bits per heavy atom. The van der Waals surface area contributed by atoms with E-state index in [4.69, 9.17) is 0 Å². The minimum absolute atomic E-state index is 0.0497. The first kappa shape index (κ1) is 17.1. The molecule has 0 aliphatic carbocycles. The highest BCUT2D eigenvalue weighted by atomic mass is 16.2. The summed E-state index contributed by atoms with van der Waals surface area (Å²) in [7, 11) is 0. The van der Waals surface area contributed by atoms with E-state index in [1.807, 2.05) is 37.3 Å². The van der Waals surface area contributed by atoms with Crippen LogP contribution in [0.1, 0.15) is 36.9 Å². The first-order valence-corrected chi connectivity index (χ1v) is 8.63. The Morgan fingerprint density at radius 3 is 2.64 bits per heavy atom. The lowest BCUT2D eigenvalue weighted by molar-refractivity contribution is -0.146. The number of pyridine rings is 1. The highest BCUT2D eigenvalue weighted by molar-refractivity contribution is 6.39. The number of carbonyl (C=O) groups is 2. The first-order valence-electron chi connectivity index (χ1n) is 8.63. The molecule has 0 saturated carbocycles. The zero-order valence-electron chi connectivity index (χ0n) is 14.6. The van der Waals surface area contributed by atoms with Crippen molar-refractivity contribution in [1.29, 1.82) is 0 Å². The summed E-state index contributed by atoms with van der Waals surface area (Å²) >= 11 is 0. The van der Waals surface area contributed by atoms with Crippen molar-refractivity contribution < 1.29 is 9.59 Å². The van der Waals surface area contributed by atoms with Crippen molar-refractivity contribution >= 4 is 17.5 Å². The molecule has 2 amide bonds. The van der Waals surface area contributed by atoms with E-state index in [-0.39, 0.29) is 6.04 Å². The number of aryl methyl sites for hydroxylation is 1. The Balaban J connectivity index is 1.78. The normalized spacial score (nSPS) is 20.2. The van der Waals surface area contributed by atoms with Gasteiger partial charge in [-0.1, -0.05) is 37.3 Å². The average molecular weight is 337 g/mol. The van der Waals surface area contributed by atoms with Crippen LogP contribution in [0.2, 0.25) is 0 Å². The van der Waals surface area contributed by atoms with Crippen molar-refractivity contribution in [1.82, 2.24) is 9.88 Å². The van der Waals surface area contributed by atoms with E-state index in [0.29, 0.717) is 18.2 Å². The molecule has 5 heteroatoms. The first-order chi connectivity index (χ1) is 12.0. The number of rotatable bonds is 2. The van der Waals surface area contributed by atoms with Gasteiger partial charge in [0.25, 0.3) is 0 Å². The molecule has 1 aromatic heterocycles. The van der Waals surface area contributed by atoms with Gasteiger partial charge in [-0.25, -0.2) is 0 Å². The van der Waals surface area contributed by atoms with E-state index in [1.165, 1.54) is 0 Å². The van der Waals surface area contributed by atoms with E-state index in [2.05, 4.69) is 17.2 Å². The molecule has 1 saturated heterocycles. The summed E-state index contributed by atoms with van der Waals surface area (Å²) < 4.78 is 0. The molecule has 1 fully saturated rings. The molecule has 3 rings (SSSR count). The van der Waals surface area contributed by atoms with E-state index < -0.39 is 11.8 Å². The Hall–Kier alpha value is -2.69. The smallest absolute Gasteiger partial charge is 0.313 e. The molecule has 0 bridgehead atoms. The molecule has 0 radical (unpaired) electrons. The minimum Gasteiger partial charge on any atom is -0.327 e. The van der Waals surface area contributed by atoms with Crippen molar-refractivity contribution in [3.63, 3.8) is 0 Å². The van der Waals surface area contributed by atoms with Crippen LogP contribution >= 0.6 is 0 Å². The summed E-state index contributed by atoms with van der Waals surface area (Å²) in [5, 5.41) is 2.67. The van der Waals surface area contributed by atoms with Gasteiger partial charge in [-0.15, -0.1) is 0 Å². The molecular formula is C20H23N3O2. The van der Waals surface area contributed by atoms with Crippen LogP contribution < -0.4 is 5.32 Å². The van der Waals surface area contributed by atoms with Gasteiger partial charge < -0.3 is 10.2 Å². The molecule has 130 valence electrons. The Kier molecular flexibility index (Phi) is 5.12. The maximum atomic E-state index is 12.8. The summed E-state index contributed by atoms with van der Waals surface area (Å²) in [4.78, 5) is 31.0. The topological polar surface area (TPSA) is 62.3 Å². The van der Waals surface area contributed by atoms with Crippen molar-refractivity contribution in [2.75, 3.05) is 11.9 Å². The number of amides is 2. The number of carbonyl (C=O) groups excluding carboxylic acids is 2. The van der Waals surface area contributed by atoms with Crippen LogP contribution in [-0.2, 0) is 9.59 Å². The van der Waals surface area contributed by atoms with E-state index in [9.17, 15) is 9.59 Å². The number of piperidine rings is 1. The fourth-order valence-electron chi connectivity index (χ4n) is 3.34. The predicted molar refractivity (Wildman–Crippen MR) is 96.9 cm³/mol. The molecule has 0 unspecified atom stereocenters. The van der Waals surface area contributed by atoms with Crippen LogP contribution in [-0.4, -0.2) is 28.2 Å². The maximum absolute atomic E-state index is 12.8. The summed E-state index contributed by atoms with van der Waals surface area (Å²) in [6.07, 6.45) is 5.17. The van der Waals surface area contributed by atoms with Crippen molar-refractivity contribution in [3.05, 3.63) is 59.9 Å². The minimum atomic E-state index is -0.609. The Bertz CT molecular complexity index is 761. The number of benzene rings is 1. The number of nitrogens with one attached hydrogen (secondary N) is 1. The second-order valence-electron chi connectivity index (χ2n) is 6.77. The van der Waals surface area contributed by atoms with E-state index >= 15 is 0 Å². The molecule has 2 aromatic rings. The highest BCUT2D eigenvalue weighted by Gasteiger charge is 2.34. The fourth-order valence-corrected chi connectivity index (χ4v) is 3.34. The van der Waals surface area contributed by atoms with Crippen molar-refractivity contribution in [2.24, 2.45) is 5.92 Å². The van der Waals surface area contributed by atoms with Gasteiger partial charge in [0.2, 0.25) is 0 Å². The molecule has 1 aliphatic heterocycles. The lowest BCUT2D eigenvalue weighted by atomic mass is 9.90. The van der Waals surface area contributed by atoms with Crippen LogP contribution in [0.25, 0.3) is 0 Å². The van der Waals surface area contributed by atoms with Crippen LogP contribution in [0.15, 0.2) is 48.8 Å². The summed E-state index contributed by atoms with van der Waals surface area (Å²) in [6.45, 7) is 4.60. The third-order valence-electron chi connectivity index (χ3n) is 4.59. The molecule has 1 aliphatic rings. The number of hydrogen-bond acceptors (Lipinski definition) is 3. The summed E-state index contributed by atoms with van der Waals surface area (Å²) in [5.41, 5.74) is 2.55. The van der Waals surface area contributed by atoms with Gasteiger partial charge >= 0.3 is 11.8 Å². The number of hydrogen-bond donors (Lipinski definition) is 1. The molecule has 2 atom stereocenters. The van der Waals surface area contributed by atoms with Gasteiger partial charge in [0, 0.05) is 12.7 Å². The third kappa shape index (κ3) is 4.05. The lowest BCUT2D eigenvalue weighted by Gasteiger charge is -2.38. The average Bonchev–Trinajstić information content (AvgIpc) is 2.61. The standard InChI is InChI=1S/C20H23N3O2/c1-14-8-9-18(16-6-4-3-5-7-16)23(13-14)20(25)19(24)22-17-10-15(2)11-21-12-17/h3-7,10-12,14,18H,8-9,13H2,1-2H3,(H,22,24)/t14-,18-/m1/s1. The van der Waals surface area contributed by atoms with Gasteiger partial charge in [0.05, 0.1) is 17.9 Å². The molecule has 2 heterocycles. The molecule has 0 spiro atoms. The number of nitrogens with zero attached hydrogens (tertiary/aromatic N) is 2. The highest BCUT2D eigenvalue weighted by Crippen LogP contribution is 2.33. The number of likely N-dealkylation sites (tertiary alicyclic amines) is 1. The monoisotopic (exact) mass is 337 g/mol.